The van der Waals surface area contributed by atoms with Crippen LogP contribution in [0.5, 0.6) is 0 Å². The highest BCUT2D eigenvalue weighted by Crippen LogP contribution is 2.22. The molecule has 3 aliphatic rings. The number of nitrogens with one attached hydrogen (secondary N) is 7. The summed E-state index contributed by atoms with van der Waals surface area (Å²) in [5.41, 5.74) is 14.0. The summed E-state index contributed by atoms with van der Waals surface area (Å²) in [7, 11) is 0. The number of allylic oxidation sites excluding steroid dienone is 1. The van der Waals surface area contributed by atoms with Crippen LogP contribution < -0.4 is 43.4 Å². The molecule has 20 heteroatoms. The number of benzene rings is 2. The lowest BCUT2D eigenvalue weighted by atomic mass is 9.99. The highest BCUT2D eigenvalue weighted by molar-refractivity contribution is 5.98. The van der Waals surface area contributed by atoms with Gasteiger partial charge in [0.25, 0.3) is 0 Å². The minimum absolute atomic E-state index is 0.00756. The number of likely N-dealkylation sites (tertiary alicyclic amines) is 1. The van der Waals surface area contributed by atoms with Gasteiger partial charge in [-0.2, -0.15) is 0 Å². The van der Waals surface area contributed by atoms with Crippen molar-refractivity contribution >= 4 is 70.2 Å². The van der Waals surface area contributed by atoms with Gasteiger partial charge < -0.3 is 53.3 Å². The first-order valence-electron chi connectivity index (χ1n) is 25.1. The van der Waals surface area contributed by atoms with E-state index in [1.165, 1.54) is 6.92 Å². The summed E-state index contributed by atoms with van der Waals surface area (Å²) in [6.45, 7) is 3.86. The highest BCUT2D eigenvalue weighted by atomic mass is 16.2. The molecule has 2 aromatic carbocycles. The summed E-state index contributed by atoms with van der Waals surface area (Å²) in [6, 6.07) is 9.16. The molecule has 20 nitrogen and oxygen atoms in total. The number of hydrogen-bond acceptors (Lipinski definition) is 10. The quantitative estimate of drug-likeness (QED) is 0.0723. The molecular weight excluding hydrogens is 921 g/mol. The molecule has 3 aromatic rings. The summed E-state index contributed by atoms with van der Waals surface area (Å²) < 4.78 is 0. The fourth-order valence-corrected chi connectivity index (χ4v) is 9.40. The number of aliphatic imine (C=N–C) groups is 2. The molecule has 11 N–H and O–H groups in total. The summed E-state index contributed by atoms with van der Waals surface area (Å²) in [4.78, 5) is 126. The molecule has 2 fully saturated rings. The third-order valence-electron chi connectivity index (χ3n) is 13.3. The normalized spacial score (nSPS) is 24.5. The predicted octanol–water partition coefficient (Wildman–Crippen LogP) is 2.01. The molecule has 0 spiro atoms. The van der Waals surface area contributed by atoms with Gasteiger partial charge in [-0.05, 0) is 69.1 Å². The molecule has 6 rings (SSSR count). The van der Waals surface area contributed by atoms with E-state index in [-0.39, 0.29) is 88.0 Å². The Hall–Kier alpha value is -7.38. The Kier molecular flexibility index (Phi) is 20.0. The summed E-state index contributed by atoms with van der Waals surface area (Å²) >= 11 is 0. The molecule has 7 atom stereocenters. The predicted molar refractivity (Wildman–Crippen MR) is 273 cm³/mol. The SMILES string of the molecule is CC(=O)N[C@H]1CCC(=O)CCCCC[C@@H](C(=O)N2CCC[C@H]2C)NC(=O)[C@H](Cc2c[nH]c3ccccc23)NC(=O)[C@H](CCCN=C(N)N)NC(=O)[C@@H](Cc2ccccc2)NC(=O)[C@H](CC2=CCC=N2)NC1=O. The number of rotatable bonds is 12. The van der Waals surface area contributed by atoms with Gasteiger partial charge in [-0.15, -0.1) is 0 Å². The third kappa shape index (κ3) is 16.1. The molecule has 72 heavy (non-hydrogen) atoms. The van der Waals surface area contributed by atoms with E-state index in [1.807, 2.05) is 31.2 Å². The van der Waals surface area contributed by atoms with Gasteiger partial charge in [0.1, 0.15) is 42.0 Å². The number of para-hydroxylation sites is 1. The number of H-pyrrole nitrogens is 1. The summed E-state index contributed by atoms with van der Waals surface area (Å²) in [5.74, 6) is -4.57. The van der Waals surface area contributed by atoms with Gasteiger partial charge in [0.15, 0.2) is 5.96 Å². The first-order valence-corrected chi connectivity index (χ1v) is 25.1. The number of hydrogen-bond donors (Lipinski definition) is 9. The first kappa shape index (κ1) is 54.0. The van der Waals surface area contributed by atoms with Crippen molar-refractivity contribution < 1.29 is 38.4 Å². The maximum Gasteiger partial charge on any atom is 0.245 e. The van der Waals surface area contributed by atoms with E-state index in [1.54, 1.807) is 53.7 Å². The second-order valence-electron chi connectivity index (χ2n) is 18.9. The fraction of sp³-hybridized carbons (Fsp3) is 0.500. The number of aromatic nitrogens is 1. The van der Waals surface area contributed by atoms with Crippen LogP contribution in [0.4, 0.5) is 0 Å². The van der Waals surface area contributed by atoms with Crippen molar-refractivity contribution in [1.29, 1.82) is 0 Å². The maximum atomic E-state index is 14.8. The molecule has 2 saturated heterocycles. The largest absolute Gasteiger partial charge is 0.370 e. The zero-order valence-corrected chi connectivity index (χ0v) is 41.3. The van der Waals surface area contributed by atoms with Crippen molar-refractivity contribution in [3.8, 4) is 0 Å². The molecule has 0 unspecified atom stereocenters. The zero-order valence-electron chi connectivity index (χ0n) is 41.3. The van der Waals surface area contributed by atoms with Gasteiger partial charge in [0.2, 0.25) is 41.4 Å². The molecule has 3 aliphatic heterocycles. The lowest BCUT2D eigenvalue weighted by molar-refractivity contribution is -0.138. The Morgan fingerprint density at radius 1 is 0.736 bits per heavy atom. The standard InChI is InChI=1S/C52H70N12O8/c1-32-14-13-27-64(32)51(72)42-21-8-4-7-18-37(66)23-24-41(58-33(2)65)47(68)63-45(30-36-17-11-25-55-36)50(71)61-43(28-34-15-5-3-6-16-34)48(69)59-40(22-12-26-56-52(53)54)46(67)62-44(49(70)60-42)29-35-31-57-39-20-10-9-19-38(35)39/h3,5-6,9-10,15-17,19-20,25,31-32,40-45,57H,4,7-8,11-14,18,21-24,26-30H2,1-2H3,(H,58,65)(H,59,69)(H,60,70)(H,61,71)(H,62,67)(H,63,68)(H4,53,54,56)/t32-,40+,41+,42+,43-,44+,45+/m1/s1. The zero-order chi connectivity index (χ0) is 51.6. The highest BCUT2D eigenvalue weighted by Gasteiger charge is 2.36. The number of amides is 7. The van der Waals surface area contributed by atoms with Crippen LogP contribution >= 0.6 is 0 Å². The van der Waals surface area contributed by atoms with Gasteiger partial charge in [-0.3, -0.25) is 48.3 Å². The van der Waals surface area contributed by atoms with Gasteiger partial charge in [0, 0.05) is 93.6 Å². The van der Waals surface area contributed by atoms with E-state index in [4.69, 9.17) is 11.5 Å². The summed E-state index contributed by atoms with van der Waals surface area (Å²) in [5, 5.41) is 17.8. The van der Waals surface area contributed by atoms with Gasteiger partial charge in [-0.25, -0.2) is 0 Å². The summed E-state index contributed by atoms with van der Waals surface area (Å²) in [6.07, 6.45) is 9.41. The van der Waals surface area contributed by atoms with E-state index in [2.05, 4.69) is 46.9 Å². The fourth-order valence-electron chi connectivity index (χ4n) is 9.40. The van der Waals surface area contributed by atoms with Crippen molar-refractivity contribution in [3.63, 3.8) is 0 Å². The number of carbonyl (C=O) groups excluding carboxylic acids is 8. The van der Waals surface area contributed by atoms with Gasteiger partial charge in [0.05, 0.1) is 0 Å². The number of ketones is 1. The van der Waals surface area contributed by atoms with Crippen LogP contribution in [0.15, 0.2) is 82.6 Å². The Morgan fingerprint density at radius 3 is 2.10 bits per heavy atom. The van der Waals surface area contributed by atoms with Crippen LogP contribution in [0.3, 0.4) is 0 Å². The van der Waals surface area contributed by atoms with Crippen LogP contribution in [0.2, 0.25) is 0 Å². The van der Waals surface area contributed by atoms with Crippen LogP contribution in [0.1, 0.15) is 108 Å². The Labute approximate surface area is 419 Å². The number of guanidine groups is 1. The maximum absolute atomic E-state index is 14.8. The van der Waals surface area contributed by atoms with Crippen LogP contribution in [0.25, 0.3) is 10.9 Å². The average molecular weight is 991 g/mol. The molecule has 0 bridgehead atoms. The van der Waals surface area contributed by atoms with Gasteiger partial charge >= 0.3 is 0 Å². The van der Waals surface area contributed by atoms with Crippen LogP contribution in [-0.4, -0.2) is 125 Å². The average Bonchev–Trinajstić information content (AvgIpc) is 4.14. The Balaban J connectivity index is 1.37. The lowest BCUT2D eigenvalue weighted by Gasteiger charge is -2.30. The number of nitrogens with two attached hydrogens (primary N) is 2. The van der Waals surface area contributed by atoms with Gasteiger partial charge in [-0.1, -0.05) is 67.4 Å². The van der Waals surface area contributed by atoms with Crippen molar-refractivity contribution in [2.75, 3.05) is 13.1 Å². The molecule has 7 amide bonds. The molecule has 386 valence electrons. The van der Waals surface area contributed by atoms with Crippen molar-refractivity contribution in [2.45, 2.75) is 152 Å². The topological polar surface area (TPSA) is 305 Å². The minimum Gasteiger partial charge on any atom is -0.370 e. The van der Waals surface area contributed by atoms with E-state index >= 15 is 0 Å². The molecular formula is C52H70N12O8. The second kappa shape index (κ2) is 26.7. The first-order chi connectivity index (χ1) is 34.6. The molecule has 0 saturated carbocycles. The van der Waals surface area contributed by atoms with E-state index in [9.17, 15) is 38.4 Å². The number of aromatic amines is 1. The number of Topliss-reactive ketones (excluding diaryl/α,β-unsaturated/α-hetero) is 1. The number of carbonyl (C=O) groups is 8. The van der Waals surface area contributed by atoms with Crippen LogP contribution in [-0.2, 0) is 51.2 Å². The van der Waals surface area contributed by atoms with Crippen molar-refractivity contribution in [1.82, 2.24) is 41.8 Å². The third-order valence-corrected chi connectivity index (χ3v) is 13.3. The number of nitrogens with zero attached hydrogens (tertiary/aromatic N) is 3. The molecule has 0 aliphatic carbocycles. The van der Waals surface area contributed by atoms with E-state index in [0.29, 0.717) is 43.5 Å². The molecule has 0 radical (unpaired) electrons. The minimum atomic E-state index is -1.31. The lowest BCUT2D eigenvalue weighted by Crippen LogP contribution is -2.60. The smallest absolute Gasteiger partial charge is 0.245 e. The monoisotopic (exact) mass is 991 g/mol. The molecule has 1 aromatic heterocycles. The molecule has 4 heterocycles. The van der Waals surface area contributed by atoms with E-state index in [0.717, 1.165) is 29.3 Å². The Bertz CT molecular complexity index is 2500. The second-order valence-corrected chi connectivity index (χ2v) is 18.9. The number of fused-ring (bicyclic) bond motifs is 1. The van der Waals surface area contributed by atoms with Crippen LogP contribution in [0, 0.1) is 0 Å². The van der Waals surface area contributed by atoms with Crippen molar-refractivity contribution in [2.24, 2.45) is 21.5 Å². The Morgan fingerprint density at radius 2 is 1.40 bits per heavy atom. The van der Waals surface area contributed by atoms with E-state index < -0.39 is 71.7 Å². The van der Waals surface area contributed by atoms with Crippen molar-refractivity contribution in [3.05, 3.63) is 83.7 Å².